The molecule has 0 aromatic heterocycles. The molecule has 0 aliphatic heterocycles. The molecule has 1 aromatic rings. The second-order valence-electron chi connectivity index (χ2n) is 14.1. The van der Waals surface area contributed by atoms with Crippen LogP contribution < -0.4 is 0 Å². The van der Waals surface area contributed by atoms with Gasteiger partial charge in [-0.2, -0.15) is 0 Å². The lowest BCUT2D eigenvalue weighted by atomic mass is 10.1. The molecular weight excluding hydrogens is 656 g/mol. The van der Waals surface area contributed by atoms with E-state index in [1.807, 2.05) is 0 Å². The van der Waals surface area contributed by atoms with Crippen LogP contribution >= 0.6 is 0 Å². The molecular formula is C44H70O8. The minimum atomic E-state index is -0.934. The van der Waals surface area contributed by atoms with Crippen molar-refractivity contribution in [1.82, 2.24) is 0 Å². The zero-order valence-electron chi connectivity index (χ0n) is 32.5. The van der Waals surface area contributed by atoms with Gasteiger partial charge in [0.2, 0.25) is 0 Å². The first-order valence-electron chi connectivity index (χ1n) is 20.5. The van der Waals surface area contributed by atoms with Crippen molar-refractivity contribution in [2.45, 2.75) is 193 Å². The van der Waals surface area contributed by atoms with Crippen LogP contribution in [-0.2, 0) is 19.1 Å². The van der Waals surface area contributed by atoms with Crippen molar-refractivity contribution in [2.75, 3.05) is 0 Å². The van der Waals surface area contributed by atoms with Crippen LogP contribution in [-0.4, -0.2) is 46.3 Å². The molecule has 0 heterocycles. The maximum atomic E-state index is 12.7. The summed E-state index contributed by atoms with van der Waals surface area (Å²) in [7, 11) is 0. The zero-order chi connectivity index (χ0) is 38.1. The van der Waals surface area contributed by atoms with Crippen molar-refractivity contribution in [3.63, 3.8) is 0 Å². The largest absolute Gasteiger partial charge is 0.393 e. The Hall–Kier alpha value is -3.10. The summed E-state index contributed by atoms with van der Waals surface area (Å²) < 4.78 is 10.0. The molecule has 2 atom stereocenters. The molecule has 0 saturated heterocycles. The van der Waals surface area contributed by atoms with Crippen LogP contribution in [0.25, 0.3) is 0 Å². The molecule has 0 fully saturated rings. The fraction of sp³-hybridized carbons (Fsp3) is 0.682. The summed E-state index contributed by atoms with van der Waals surface area (Å²) in [5.41, 5.74) is -0.220. The van der Waals surface area contributed by atoms with Gasteiger partial charge < -0.3 is 19.7 Å². The second-order valence-corrected chi connectivity index (χ2v) is 14.1. The van der Waals surface area contributed by atoms with Gasteiger partial charge >= 0.3 is 23.9 Å². The number of unbranched alkanes of at least 4 members (excludes halogenated alkanes) is 16. The van der Waals surface area contributed by atoms with Gasteiger partial charge in [-0.1, -0.05) is 140 Å². The third-order valence-corrected chi connectivity index (χ3v) is 9.21. The topological polar surface area (TPSA) is 127 Å². The highest BCUT2D eigenvalue weighted by molar-refractivity contribution is 6.07. The van der Waals surface area contributed by atoms with Crippen molar-refractivity contribution in [1.29, 1.82) is 0 Å². The number of benzene rings is 1. The van der Waals surface area contributed by atoms with Crippen LogP contribution in [0.4, 0.5) is 0 Å². The van der Waals surface area contributed by atoms with Crippen molar-refractivity contribution < 1.29 is 38.9 Å². The summed E-state index contributed by atoms with van der Waals surface area (Å²) in [6.07, 6.45) is 31.7. The third kappa shape index (κ3) is 25.8. The monoisotopic (exact) mass is 727 g/mol. The number of rotatable bonds is 32. The van der Waals surface area contributed by atoms with E-state index >= 15 is 0 Å². The van der Waals surface area contributed by atoms with Gasteiger partial charge in [-0.05, 0) is 76.3 Å². The van der Waals surface area contributed by atoms with Crippen LogP contribution in [0.15, 0.2) is 48.6 Å². The Balaban J connectivity index is 2.20. The number of carbonyl (C=O) groups excluding carboxylic acids is 4. The highest BCUT2D eigenvalue weighted by Gasteiger charge is 2.23. The molecule has 2 N–H and O–H groups in total. The predicted octanol–water partition coefficient (Wildman–Crippen LogP) is 11.1. The molecule has 0 aliphatic carbocycles. The number of allylic oxidation sites excluding steroid dienone is 2. The van der Waals surface area contributed by atoms with Crippen LogP contribution in [0.1, 0.15) is 202 Å². The number of hydrogen-bond donors (Lipinski definition) is 2. The molecule has 1 aromatic carbocycles. The lowest BCUT2D eigenvalue weighted by Gasteiger charge is -2.08. The summed E-state index contributed by atoms with van der Waals surface area (Å²) in [4.78, 5) is 50.1. The van der Waals surface area contributed by atoms with Gasteiger partial charge in [0, 0.05) is 12.8 Å². The van der Waals surface area contributed by atoms with Crippen molar-refractivity contribution in [3.05, 3.63) is 59.7 Å². The Kier molecular flexibility index (Phi) is 29.4. The SMILES string of the molecule is CCCCCC[C@@H](O)C/C=C\CCCCCCCC(=O)OC(=O)c1ccccc1C(=O)OC(=O)CCCCCCC/C=C\C[C@H](O)CCCCCC. The quantitative estimate of drug-likeness (QED) is 0.0325. The van der Waals surface area contributed by atoms with Crippen molar-refractivity contribution >= 4 is 23.9 Å². The first-order chi connectivity index (χ1) is 25.3. The van der Waals surface area contributed by atoms with E-state index < -0.39 is 23.9 Å². The van der Waals surface area contributed by atoms with E-state index in [4.69, 9.17) is 9.47 Å². The normalized spacial score (nSPS) is 12.7. The minimum absolute atomic E-state index is 0.104. The van der Waals surface area contributed by atoms with Gasteiger partial charge in [-0.15, -0.1) is 0 Å². The second kappa shape index (κ2) is 32.5. The summed E-state index contributed by atoms with van der Waals surface area (Å²) in [5.74, 6) is -3.17. The summed E-state index contributed by atoms with van der Waals surface area (Å²) >= 11 is 0. The van der Waals surface area contributed by atoms with E-state index in [-0.39, 0.29) is 36.2 Å². The molecule has 0 spiro atoms. The zero-order valence-corrected chi connectivity index (χ0v) is 32.5. The van der Waals surface area contributed by atoms with Crippen molar-refractivity contribution in [3.8, 4) is 0 Å². The first kappa shape index (κ1) is 46.9. The number of carbonyl (C=O) groups is 4. The molecule has 0 bridgehead atoms. The molecule has 52 heavy (non-hydrogen) atoms. The Bertz CT molecular complexity index is 1070. The van der Waals surface area contributed by atoms with E-state index in [1.54, 1.807) is 12.1 Å². The highest BCUT2D eigenvalue weighted by atomic mass is 16.6. The maximum Gasteiger partial charge on any atom is 0.346 e. The minimum Gasteiger partial charge on any atom is -0.393 e. The highest BCUT2D eigenvalue weighted by Crippen LogP contribution is 2.16. The number of aliphatic hydroxyl groups is 2. The average Bonchev–Trinajstić information content (AvgIpc) is 3.13. The van der Waals surface area contributed by atoms with E-state index in [9.17, 15) is 29.4 Å². The van der Waals surface area contributed by atoms with Crippen LogP contribution in [0.3, 0.4) is 0 Å². The summed E-state index contributed by atoms with van der Waals surface area (Å²) in [6, 6.07) is 5.87. The number of esters is 4. The van der Waals surface area contributed by atoms with Gasteiger partial charge in [0.25, 0.3) is 0 Å². The Morgan fingerprint density at radius 3 is 1.29 bits per heavy atom. The molecule has 8 nitrogen and oxygen atoms in total. The van der Waals surface area contributed by atoms with E-state index in [0.717, 1.165) is 89.9 Å². The third-order valence-electron chi connectivity index (χ3n) is 9.21. The molecule has 0 aliphatic rings. The lowest BCUT2D eigenvalue weighted by molar-refractivity contribution is -0.139. The van der Waals surface area contributed by atoms with E-state index in [0.29, 0.717) is 25.7 Å². The Morgan fingerprint density at radius 1 is 0.519 bits per heavy atom. The van der Waals surface area contributed by atoms with Crippen LogP contribution in [0.2, 0.25) is 0 Å². The molecule has 0 radical (unpaired) electrons. The first-order valence-corrected chi connectivity index (χ1v) is 20.5. The predicted molar refractivity (Wildman–Crippen MR) is 209 cm³/mol. The van der Waals surface area contributed by atoms with Gasteiger partial charge in [0.05, 0.1) is 23.3 Å². The molecule has 0 amide bonds. The number of hydrogen-bond acceptors (Lipinski definition) is 8. The van der Waals surface area contributed by atoms with Gasteiger partial charge in [-0.3, -0.25) is 9.59 Å². The lowest BCUT2D eigenvalue weighted by Crippen LogP contribution is -2.19. The van der Waals surface area contributed by atoms with Gasteiger partial charge in [-0.25, -0.2) is 9.59 Å². The maximum absolute atomic E-state index is 12.7. The standard InChI is InChI=1S/C44H70O8/c1-3-5-7-21-29-37(45)31-23-17-13-9-11-15-19-25-35-41(47)51-43(49)39-33-27-28-34-40(39)44(50)52-42(48)36-26-20-16-12-10-14-18-24-32-38(46)30-22-8-6-4-2/h17-18,23-24,27-28,33-34,37-38,45-46H,3-16,19-22,25-26,29-32,35-36H2,1-2H3/b23-17-,24-18-/t37-,38-/m1/s1. The molecule has 0 saturated carbocycles. The Labute approximate surface area is 314 Å². The van der Waals surface area contributed by atoms with Crippen LogP contribution in [0, 0.1) is 0 Å². The molecule has 0 unspecified atom stereocenters. The van der Waals surface area contributed by atoms with E-state index in [2.05, 4.69) is 38.2 Å². The van der Waals surface area contributed by atoms with Gasteiger partial charge in [0.1, 0.15) is 0 Å². The van der Waals surface area contributed by atoms with Crippen LogP contribution in [0.5, 0.6) is 0 Å². The van der Waals surface area contributed by atoms with E-state index in [1.165, 1.54) is 50.7 Å². The summed E-state index contributed by atoms with van der Waals surface area (Å²) in [6.45, 7) is 4.37. The fourth-order valence-electron chi connectivity index (χ4n) is 5.97. The fourth-order valence-corrected chi connectivity index (χ4v) is 5.97. The molecule has 1 rings (SSSR count). The molecule has 8 heteroatoms. The van der Waals surface area contributed by atoms with Crippen molar-refractivity contribution in [2.24, 2.45) is 0 Å². The average molecular weight is 727 g/mol. The summed E-state index contributed by atoms with van der Waals surface area (Å²) in [5, 5.41) is 20.1. The smallest absolute Gasteiger partial charge is 0.346 e. The molecule has 294 valence electrons. The van der Waals surface area contributed by atoms with Gasteiger partial charge in [0.15, 0.2) is 0 Å². The Morgan fingerprint density at radius 2 is 0.885 bits per heavy atom. The number of aliphatic hydroxyl groups excluding tert-OH is 2. The number of ether oxygens (including phenoxy) is 2.